The molecule has 1 saturated carbocycles. The number of halogens is 1. The van der Waals surface area contributed by atoms with E-state index in [9.17, 15) is 4.79 Å². The Morgan fingerprint density at radius 1 is 1.75 bits per heavy atom. The summed E-state index contributed by atoms with van der Waals surface area (Å²) in [6.07, 6.45) is 2.34. The van der Waals surface area contributed by atoms with E-state index in [2.05, 4.69) is 21.2 Å². The van der Waals surface area contributed by atoms with Gasteiger partial charge in [0.05, 0.1) is 14.9 Å². The summed E-state index contributed by atoms with van der Waals surface area (Å²) in [4.78, 5) is 12.0. The van der Waals surface area contributed by atoms with Gasteiger partial charge in [0.15, 0.2) is 0 Å². The second-order valence-corrected chi connectivity index (χ2v) is 6.78. The van der Waals surface area contributed by atoms with Crippen molar-refractivity contribution in [2.45, 2.75) is 25.3 Å². The van der Waals surface area contributed by atoms with E-state index >= 15 is 0 Å². The minimum atomic E-state index is -0.245. The van der Waals surface area contributed by atoms with Crippen LogP contribution >= 0.6 is 27.3 Å². The Labute approximate surface area is 108 Å². The number of thiophene rings is 1. The van der Waals surface area contributed by atoms with E-state index in [1.165, 1.54) is 24.2 Å². The van der Waals surface area contributed by atoms with Gasteiger partial charge in [-0.05, 0) is 47.7 Å². The molecule has 1 fully saturated rings. The highest BCUT2D eigenvalue weighted by Crippen LogP contribution is 2.39. The minimum absolute atomic E-state index is 0.0261. The molecule has 3 N–H and O–H groups in total. The lowest BCUT2D eigenvalue weighted by molar-refractivity contribution is 0.0898. The molecule has 1 atom stereocenters. The molecular weight excluding hydrogens is 288 g/mol. The van der Waals surface area contributed by atoms with E-state index in [4.69, 9.17) is 5.73 Å². The lowest BCUT2D eigenvalue weighted by Crippen LogP contribution is -2.53. The summed E-state index contributed by atoms with van der Waals surface area (Å²) >= 11 is 4.87. The molecule has 1 aliphatic rings. The zero-order chi connectivity index (χ0) is 11.8. The maximum atomic E-state index is 12.0. The molecule has 3 nitrogen and oxygen atoms in total. The summed E-state index contributed by atoms with van der Waals surface area (Å²) < 4.78 is 0.971. The van der Waals surface area contributed by atoms with Crippen molar-refractivity contribution >= 4 is 33.2 Å². The van der Waals surface area contributed by atoms with Gasteiger partial charge in [0, 0.05) is 11.9 Å². The van der Waals surface area contributed by atoms with Crippen LogP contribution in [0, 0.1) is 5.92 Å². The molecule has 1 aliphatic carbocycles. The van der Waals surface area contributed by atoms with Crippen LogP contribution in [0.1, 0.15) is 30.1 Å². The maximum Gasteiger partial charge on any atom is 0.252 e. The highest BCUT2D eigenvalue weighted by atomic mass is 79.9. The quantitative estimate of drug-likeness (QED) is 0.897. The van der Waals surface area contributed by atoms with Gasteiger partial charge in [0.25, 0.3) is 5.91 Å². The Balaban J connectivity index is 2.06. The fourth-order valence-corrected chi connectivity index (χ4v) is 2.94. The number of carbonyl (C=O) groups excluding carboxylic acids is 1. The van der Waals surface area contributed by atoms with Gasteiger partial charge >= 0.3 is 0 Å². The average Bonchev–Trinajstić information content (AvgIpc) is 3.02. The van der Waals surface area contributed by atoms with Gasteiger partial charge in [-0.25, -0.2) is 0 Å². The highest BCUT2D eigenvalue weighted by molar-refractivity contribution is 9.11. The molecule has 0 radical (unpaired) electrons. The van der Waals surface area contributed by atoms with Crippen molar-refractivity contribution in [3.63, 3.8) is 0 Å². The molecule has 0 bridgehead atoms. The van der Waals surface area contributed by atoms with Crippen molar-refractivity contribution < 1.29 is 4.79 Å². The Hall–Kier alpha value is -0.390. The number of nitrogens with two attached hydrogens (primary N) is 1. The average molecular weight is 303 g/mol. The van der Waals surface area contributed by atoms with E-state index in [1.54, 1.807) is 0 Å². The van der Waals surface area contributed by atoms with E-state index in [-0.39, 0.29) is 11.4 Å². The number of rotatable bonds is 4. The predicted octanol–water partition coefficient (Wildman–Crippen LogP) is 2.37. The van der Waals surface area contributed by atoms with Gasteiger partial charge in [-0.15, -0.1) is 11.3 Å². The van der Waals surface area contributed by atoms with Crippen molar-refractivity contribution in [3.8, 4) is 0 Å². The first-order chi connectivity index (χ1) is 7.55. The summed E-state index contributed by atoms with van der Waals surface area (Å²) in [5, 5.41) is 4.91. The monoisotopic (exact) mass is 302 g/mol. The largest absolute Gasteiger partial charge is 0.345 e. The molecule has 0 saturated heterocycles. The fourth-order valence-electron chi connectivity index (χ4n) is 1.80. The molecule has 88 valence electrons. The molecule has 0 aliphatic heterocycles. The lowest BCUT2D eigenvalue weighted by Gasteiger charge is -2.29. The molecule has 1 amide bonds. The summed E-state index contributed by atoms with van der Waals surface area (Å²) in [5.41, 5.74) is 6.22. The fraction of sp³-hybridized carbons (Fsp3) is 0.545. The standard InChI is InChI=1S/C11H15BrN2OS/c1-11(6-13,8-2-3-8)14-10(15)7-4-9(12)16-5-7/h4-5,8H,2-3,6,13H2,1H3,(H,14,15). The van der Waals surface area contributed by atoms with Crippen LogP contribution in [0.2, 0.25) is 0 Å². The third kappa shape index (κ3) is 2.47. The Kier molecular flexibility index (Phi) is 3.37. The molecule has 1 aromatic heterocycles. The number of amides is 1. The Morgan fingerprint density at radius 2 is 2.44 bits per heavy atom. The van der Waals surface area contributed by atoms with Crippen LogP contribution in [0.25, 0.3) is 0 Å². The molecule has 1 unspecified atom stereocenters. The van der Waals surface area contributed by atoms with Crippen molar-refractivity contribution in [1.82, 2.24) is 5.32 Å². The highest BCUT2D eigenvalue weighted by Gasteiger charge is 2.41. The van der Waals surface area contributed by atoms with E-state index in [1.807, 2.05) is 18.4 Å². The zero-order valence-corrected chi connectivity index (χ0v) is 11.5. The van der Waals surface area contributed by atoms with Gasteiger partial charge in [-0.2, -0.15) is 0 Å². The lowest BCUT2D eigenvalue weighted by atomic mass is 9.95. The van der Waals surface area contributed by atoms with Gasteiger partial charge in [0.1, 0.15) is 0 Å². The number of hydrogen-bond donors (Lipinski definition) is 2. The normalized spacial score (nSPS) is 19.2. The Morgan fingerprint density at radius 3 is 2.88 bits per heavy atom. The maximum absolute atomic E-state index is 12.0. The third-order valence-corrected chi connectivity index (χ3v) is 4.64. The first-order valence-corrected chi connectivity index (χ1v) is 6.99. The van der Waals surface area contributed by atoms with Crippen LogP contribution in [-0.4, -0.2) is 18.0 Å². The smallest absolute Gasteiger partial charge is 0.252 e. The van der Waals surface area contributed by atoms with Crippen LogP contribution in [-0.2, 0) is 0 Å². The molecular formula is C11H15BrN2OS. The van der Waals surface area contributed by atoms with E-state index in [0.717, 1.165) is 3.79 Å². The van der Waals surface area contributed by atoms with E-state index < -0.39 is 0 Å². The SMILES string of the molecule is CC(CN)(NC(=O)c1csc(Br)c1)C1CC1. The van der Waals surface area contributed by atoms with Crippen LogP contribution < -0.4 is 11.1 Å². The topological polar surface area (TPSA) is 55.1 Å². The number of hydrogen-bond acceptors (Lipinski definition) is 3. The summed E-state index contributed by atoms with van der Waals surface area (Å²) in [6.45, 7) is 2.53. The zero-order valence-electron chi connectivity index (χ0n) is 9.13. The van der Waals surface area contributed by atoms with Crippen molar-refractivity contribution in [2.75, 3.05) is 6.54 Å². The first kappa shape index (κ1) is 12.1. The van der Waals surface area contributed by atoms with Gasteiger partial charge in [0.2, 0.25) is 0 Å². The molecule has 1 heterocycles. The van der Waals surface area contributed by atoms with Crippen LogP contribution in [0.3, 0.4) is 0 Å². The van der Waals surface area contributed by atoms with Crippen LogP contribution in [0.4, 0.5) is 0 Å². The van der Waals surface area contributed by atoms with Crippen molar-refractivity contribution in [3.05, 3.63) is 20.8 Å². The molecule has 5 heteroatoms. The third-order valence-electron chi connectivity index (χ3n) is 3.13. The summed E-state index contributed by atoms with van der Waals surface area (Å²) in [6, 6.07) is 1.84. The van der Waals surface area contributed by atoms with Crippen molar-refractivity contribution in [2.24, 2.45) is 11.7 Å². The van der Waals surface area contributed by atoms with Crippen LogP contribution in [0.15, 0.2) is 15.2 Å². The molecule has 2 rings (SSSR count). The van der Waals surface area contributed by atoms with E-state index in [0.29, 0.717) is 18.0 Å². The first-order valence-electron chi connectivity index (χ1n) is 5.32. The number of carbonyl (C=O) groups is 1. The predicted molar refractivity (Wildman–Crippen MR) is 69.7 cm³/mol. The second kappa shape index (κ2) is 4.47. The molecule has 1 aromatic rings. The number of nitrogens with one attached hydrogen (secondary N) is 1. The molecule has 0 spiro atoms. The molecule has 16 heavy (non-hydrogen) atoms. The Bertz CT molecular complexity index is 402. The van der Waals surface area contributed by atoms with Gasteiger partial charge in [-0.1, -0.05) is 0 Å². The molecule has 0 aromatic carbocycles. The summed E-state index contributed by atoms with van der Waals surface area (Å²) in [5.74, 6) is 0.519. The van der Waals surface area contributed by atoms with Gasteiger partial charge < -0.3 is 11.1 Å². The van der Waals surface area contributed by atoms with Crippen molar-refractivity contribution in [1.29, 1.82) is 0 Å². The van der Waals surface area contributed by atoms with Gasteiger partial charge in [-0.3, -0.25) is 4.79 Å². The van der Waals surface area contributed by atoms with Crippen LogP contribution in [0.5, 0.6) is 0 Å². The minimum Gasteiger partial charge on any atom is -0.345 e. The summed E-state index contributed by atoms with van der Waals surface area (Å²) in [7, 11) is 0. The second-order valence-electron chi connectivity index (χ2n) is 4.49.